The molecule has 3 aromatic carbocycles. The van der Waals surface area contributed by atoms with Crippen LogP contribution in [0.3, 0.4) is 0 Å². The number of anilines is 2. The van der Waals surface area contributed by atoms with E-state index in [9.17, 15) is 8.76 Å². The van der Waals surface area contributed by atoms with Crippen molar-refractivity contribution in [3.63, 3.8) is 0 Å². The maximum absolute atomic E-state index is 12.3. The summed E-state index contributed by atoms with van der Waals surface area (Å²) in [6.45, 7) is 1.93. The molecule has 5 rings (SSSR count). The number of hydrogen-bond donors (Lipinski definition) is 2. The highest BCUT2D eigenvalue weighted by atomic mass is 32.2. The lowest BCUT2D eigenvalue weighted by Gasteiger charge is -2.20. The normalized spacial score (nSPS) is 13.0. The minimum absolute atomic E-state index is 0.504. The Balaban J connectivity index is 1.55. The first-order chi connectivity index (χ1) is 16.5. The van der Waals surface area contributed by atoms with Crippen molar-refractivity contribution in [1.29, 1.82) is 5.26 Å². The summed E-state index contributed by atoms with van der Waals surface area (Å²) < 4.78 is 29.9. The van der Waals surface area contributed by atoms with E-state index in [1.165, 1.54) is 4.31 Å². The second-order valence-electron chi connectivity index (χ2n) is 7.89. The average Bonchev–Trinajstić information content (AvgIpc) is 3.19. The fraction of sp³-hybridized carbons (Fsp3) is 0.0769. The fourth-order valence-electron chi connectivity index (χ4n) is 4.09. The van der Waals surface area contributed by atoms with Crippen LogP contribution in [-0.4, -0.2) is 13.7 Å². The summed E-state index contributed by atoms with van der Waals surface area (Å²) in [6, 6.07) is 23.1. The van der Waals surface area contributed by atoms with Gasteiger partial charge in [0.15, 0.2) is 0 Å². The van der Waals surface area contributed by atoms with Crippen molar-refractivity contribution in [2.45, 2.75) is 13.0 Å². The maximum Gasteiger partial charge on any atom is 0.266 e. The number of aryl methyl sites for hydroxylation is 1. The highest BCUT2D eigenvalue weighted by molar-refractivity contribution is 7.81. The molecule has 0 amide bonds. The monoisotopic (exact) mass is 468 g/mol. The van der Waals surface area contributed by atoms with Crippen molar-refractivity contribution in [3.05, 3.63) is 101 Å². The third kappa shape index (κ3) is 3.82. The van der Waals surface area contributed by atoms with E-state index in [0.29, 0.717) is 28.3 Å². The summed E-state index contributed by atoms with van der Waals surface area (Å²) in [4.78, 5) is 4.30. The molecule has 2 aromatic heterocycles. The Morgan fingerprint density at radius 1 is 1.09 bits per heavy atom. The van der Waals surface area contributed by atoms with Crippen LogP contribution in [0.1, 0.15) is 28.5 Å². The summed E-state index contributed by atoms with van der Waals surface area (Å²) in [6.07, 6.45) is 1.71. The van der Waals surface area contributed by atoms with Crippen LogP contribution >= 0.6 is 0 Å². The molecule has 0 saturated heterocycles. The zero-order chi connectivity index (χ0) is 23.8. The molecule has 3 N–H and O–H groups in total. The number of hydrogen-bond acceptors (Lipinski definition) is 5. The summed E-state index contributed by atoms with van der Waals surface area (Å²) >= 11 is -2.31. The fourth-order valence-corrected chi connectivity index (χ4v) is 4.68. The zero-order valence-electron chi connectivity index (χ0n) is 18.2. The van der Waals surface area contributed by atoms with Gasteiger partial charge >= 0.3 is 0 Å². The van der Waals surface area contributed by atoms with Crippen LogP contribution in [0.15, 0.2) is 83.4 Å². The third-order valence-corrected chi connectivity index (χ3v) is 6.59. The van der Waals surface area contributed by atoms with Crippen molar-refractivity contribution in [3.8, 4) is 6.07 Å². The van der Waals surface area contributed by atoms with Crippen LogP contribution in [0, 0.1) is 18.3 Å². The highest BCUT2D eigenvalue weighted by Gasteiger charge is 2.21. The molecule has 2 heterocycles. The van der Waals surface area contributed by atoms with Crippen molar-refractivity contribution in [2.75, 3.05) is 4.31 Å². The van der Waals surface area contributed by atoms with Gasteiger partial charge in [0.2, 0.25) is 0 Å². The molecule has 168 valence electrons. The zero-order valence-corrected chi connectivity index (χ0v) is 19.0. The topological polar surface area (TPSA) is 116 Å². The molecule has 7 nitrogen and oxygen atoms in total. The second-order valence-corrected chi connectivity index (χ2v) is 8.72. The van der Waals surface area contributed by atoms with Gasteiger partial charge in [-0.1, -0.05) is 18.2 Å². The molecule has 0 radical (unpaired) electrons. The number of benzene rings is 3. The quantitative estimate of drug-likeness (QED) is 0.330. The van der Waals surface area contributed by atoms with Crippen molar-refractivity contribution < 1.29 is 13.2 Å². The minimum Gasteiger partial charge on any atom is -0.459 e. The van der Waals surface area contributed by atoms with Crippen LogP contribution < -0.4 is 10.0 Å². The van der Waals surface area contributed by atoms with E-state index >= 15 is 0 Å². The van der Waals surface area contributed by atoms with E-state index in [1.54, 1.807) is 36.5 Å². The summed E-state index contributed by atoms with van der Waals surface area (Å²) in [7, 11) is 0. The summed E-state index contributed by atoms with van der Waals surface area (Å²) in [5.41, 5.74) is 11.2. The number of aromatic nitrogens is 1. The number of furan rings is 1. The van der Waals surface area contributed by atoms with Gasteiger partial charge in [0.1, 0.15) is 11.3 Å². The van der Waals surface area contributed by atoms with E-state index < -0.39 is 17.3 Å². The first kappa shape index (κ1) is 21.8. The van der Waals surface area contributed by atoms with Crippen LogP contribution in [0.4, 0.5) is 11.4 Å². The van der Waals surface area contributed by atoms with E-state index in [0.717, 1.165) is 27.4 Å². The number of rotatable bonds is 5. The van der Waals surface area contributed by atoms with E-state index in [1.807, 2.05) is 49.4 Å². The van der Waals surface area contributed by atoms with Crippen molar-refractivity contribution in [1.82, 2.24) is 4.98 Å². The Hall–Kier alpha value is -4.03. The van der Waals surface area contributed by atoms with Crippen LogP contribution in [0.2, 0.25) is 0 Å². The number of nitriles is 1. The molecule has 0 spiro atoms. The average molecular weight is 469 g/mol. The Morgan fingerprint density at radius 2 is 1.82 bits per heavy atom. The first-order valence-electron chi connectivity index (χ1n) is 10.5. The van der Waals surface area contributed by atoms with Gasteiger partial charge in [-0.2, -0.15) is 5.26 Å². The predicted octanol–water partition coefficient (Wildman–Crippen LogP) is 5.48. The van der Waals surface area contributed by atoms with Gasteiger partial charge in [-0.3, -0.25) is 9.54 Å². The number of pyridine rings is 1. The lowest BCUT2D eigenvalue weighted by atomic mass is 10.0. The lowest BCUT2D eigenvalue weighted by molar-refractivity contribution is 0.521. The SMILES string of the molecule is Cc1c(C(N)c2ccc(C#N)cc2)oc2cc(N(c3ccc4ncccc4c3)S(=O)O)ccc12. The van der Waals surface area contributed by atoms with E-state index in [2.05, 4.69) is 11.1 Å². The van der Waals surface area contributed by atoms with Gasteiger partial charge in [0.25, 0.3) is 11.3 Å². The van der Waals surface area contributed by atoms with Gasteiger partial charge < -0.3 is 10.2 Å². The molecule has 2 unspecified atom stereocenters. The minimum atomic E-state index is -2.31. The molecular formula is C26H20N4O3S. The Kier molecular flexibility index (Phi) is 5.59. The number of nitrogens with zero attached hydrogens (tertiary/aromatic N) is 3. The Bertz CT molecular complexity index is 1590. The van der Waals surface area contributed by atoms with E-state index in [4.69, 9.17) is 15.4 Å². The highest BCUT2D eigenvalue weighted by Crippen LogP contribution is 2.36. The summed E-state index contributed by atoms with van der Waals surface area (Å²) in [5, 5.41) is 10.8. The molecule has 0 fully saturated rings. The largest absolute Gasteiger partial charge is 0.459 e. The standard InChI is InChI=1S/C26H20N4O3S/c1-16-22-10-8-21(30(34(31)32)20-9-11-23-19(13-20)3-2-12-29-23)14-24(22)33-26(16)25(28)18-6-4-17(15-27)5-7-18/h2-14,25H,28H2,1H3,(H,31,32). The van der Waals surface area contributed by atoms with Gasteiger partial charge in [-0.25, -0.2) is 8.51 Å². The molecule has 0 aliphatic carbocycles. The van der Waals surface area contributed by atoms with Crippen LogP contribution in [-0.2, 0) is 11.3 Å². The number of fused-ring (bicyclic) bond motifs is 2. The van der Waals surface area contributed by atoms with Gasteiger partial charge in [0, 0.05) is 28.6 Å². The van der Waals surface area contributed by atoms with Crippen molar-refractivity contribution >= 4 is 44.5 Å². The molecule has 8 heteroatoms. The Labute approximate surface area is 198 Å². The van der Waals surface area contributed by atoms with Crippen molar-refractivity contribution in [2.24, 2.45) is 5.73 Å². The summed E-state index contributed by atoms with van der Waals surface area (Å²) in [5.74, 6) is 0.602. The predicted molar refractivity (Wildman–Crippen MR) is 133 cm³/mol. The van der Waals surface area contributed by atoms with E-state index in [-0.39, 0.29) is 0 Å². The maximum atomic E-state index is 12.3. The molecule has 0 aliphatic rings. The van der Waals surface area contributed by atoms with Crippen LogP contribution in [0.5, 0.6) is 0 Å². The second kappa shape index (κ2) is 8.72. The molecule has 34 heavy (non-hydrogen) atoms. The molecule has 0 saturated carbocycles. The Morgan fingerprint density at radius 3 is 2.56 bits per heavy atom. The van der Waals surface area contributed by atoms with Gasteiger partial charge in [-0.05, 0) is 61.0 Å². The first-order valence-corrected chi connectivity index (χ1v) is 11.6. The molecule has 2 atom stereocenters. The molecule has 0 bridgehead atoms. The van der Waals surface area contributed by atoms with Gasteiger partial charge in [0.05, 0.1) is 34.6 Å². The van der Waals surface area contributed by atoms with Gasteiger partial charge in [-0.15, -0.1) is 0 Å². The molecular weight excluding hydrogens is 448 g/mol. The lowest BCUT2D eigenvalue weighted by Crippen LogP contribution is -2.19. The van der Waals surface area contributed by atoms with Crippen LogP contribution in [0.25, 0.3) is 21.9 Å². The molecule has 0 aliphatic heterocycles. The number of nitrogens with two attached hydrogens (primary N) is 1. The smallest absolute Gasteiger partial charge is 0.266 e. The third-order valence-electron chi connectivity index (χ3n) is 5.85. The molecule has 5 aromatic rings.